The van der Waals surface area contributed by atoms with Crippen molar-refractivity contribution in [2.24, 2.45) is 0 Å². The van der Waals surface area contributed by atoms with Gasteiger partial charge in [0, 0.05) is 42.5 Å². The highest BCUT2D eigenvalue weighted by molar-refractivity contribution is 6.33. The van der Waals surface area contributed by atoms with Crippen LogP contribution in [0.5, 0.6) is 0 Å². The van der Waals surface area contributed by atoms with Gasteiger partial charge in [-0.05, 0) is 61.4 Å². The van der Waals surface area contributed by atoms with Crippen molar-refractivity contribution in [1.29, 1.82) is 0 Å². The molecule has 0 unspecified atom stereocenters. The van der Waals surface area contributed by atoms with Crippen molar-refractivity contribution < 1.29 is 14.7 Å². The Bertz CT molecular complexity index is 1450. The monoisotopic (exact) mass is 517 g/mol. The van der Waals surface area contributed by atoms with E-state index in [0.717, 1.165) is 40.8 Å². The Kier molecular flexibility index (Phi) is 6.65. The van der Waals surface area contributed by atoms with E-state index in [9.17, 15) is 14.7 Å². The molecule has 0 spiro atoms. The zero-order valence-corrected chi connectivity index (χ0v) is 21.6. The Hall–Kier alpha value is -3.83. The lowest BCUT2D eigenvalue weighted by atomic mass is 9.92. The van der Waals surface area contributed by atoms with E-state index in [1.807, 2.05) is 26.1 Å². The maximum atomic E-state index is 13.0. The van der Waals surface area contributed by atoms with Crippen molar-refractivity contribution in [2.75, 3.05) is 6.54 Å². The first-order valence-electron chi connectivity index (χ1n) is 12.3. The van der Waals surface area contributed by atoms with Crippen LogP contribution in [0.1, 0.15) is 53.6 Å². The number of rotatable bonds is 8. The van der Waals surface area contributed by atoms with Crippen LogP contribution < -0.4 is 5.32 Å². The fourth-order valence-corrected chi connectivity index (χ4v) is 5.22. The summed E-state index contributed by atoms with van der Waals surface area (Å²) < 4.78 is 1.56. The first-order chi connectivity index (χ1) is 17.7. The highest BCUT2D eigenvalue weighted by Crippen LogP contribution is 2.38. The topological polar surface area (TPSA) is 100 Å². The van der Waals surface area contributed by atoms with Gasteiger partial charge in [0.2, 0.25) is 0 Å². The summed E-state index contributed by atoms with van der Waals surface area (Å²) in [6.07, 6.45) is 8.03. The minimum absolute atomic E-state index is 0.0897. The van der Waals surface area contributed by atoms with E-state index in [1.165, 1.54) is 0 Å². The maximum absolute atomic E-state index is 13.0. The van der Waals surface area contributed by atoms with Crippen molar-refractivity contribution in [3.05, 3.63) is 86.6 Å². The van der Waals surface area contributed by atoms with Gasteiger partial charge in [-0.15, -0.1) is 16.6 Å². The minimum atomic E-state index is -1.02. The van der Waals surface area contributed by atoms with Crippen LogP contribution in [0.4, 0.5) is 0 Å². The summed E-state index contributed by atoms with van der Waals surface area (Å²) in [4.78, 5) is 26.8. The van der Waals surface area contributed by atoms with Crippen molar-refractivity contribution in [3.63, 3.8) is 0 Å². The van der Waals surface area contributed by atoms with Gasteiger partial charge in [-0.25, -0.2) is 9.48 Å². The smallest absolute Gasteiger partial charge is 0.328 e. The van der Waals surface area contributed by atoms with Crippen molar-refractivity contribution in [1.82, 2.24) is 25.2 Å². The molecule has 2 heterocycles. The number of nitrogens with zero attached hydrogens (tertiary/aromatic N) is 4. The molecular formula is C28H28ClN5O3. The Labute approximate surface area is 220 Å². The van der Waals surface area contributed by atoms with Crippen LogP contribution in [-0.2, 0) is 29.1 Å². The summed E-state index contributed by atoms with van der Waals surface area (Å²) in [7, 11) is 0. The molecule has 9 heteroatoms. The zero-order valence-electron chi connectivity index (χ0n) is 20.8. The molecule has 1 fully saturated rings. The molecule has 0 saturated heterocycles. The molecular weight excluding hydrogens is 490 g/mol. The third kappa shape index (κ3) is 5.18. The second-order valence-electron chi connectivity index (χ2n) is 9.82. The molecule has 1 atom stereocenters. The van der Waals surface area contributed by atoms with Gasteiger partial charge in [0.15, 0.2) is 0 Å². The quantitative estimate of drug-likeness (QED) is 0.515. The third-order valence-electron chi connectivity index (χ3n) is 6.93. The molecule has 190 valence electrons. The van der Waals surface area contributed by atoms with E-state index in [1.54, 1.807) is 21.7 Å². The fraction of sp³-hybridized carbons (Fsp3) is 0.357. The maximum Gasteiger partial charge on any atom is 0.328 e. The number of fused-ring (bicyclic) bond motifs is 1. The van der Waals surface area contributed by atoms with Crippen LogP contribution in [0.25, 0.3) is 5.70 Å². The lowest BCUT2D eigenvalue weighted by Gasteiger charge is -2.31. The van der Waals surface area contributed by atoms with E-state index in [-0.39, 0.29) is 12.5 Å². The van der Waals surface area contributed by atoms with Gasteiger partial charge in [-0.2, -0.15) is 0 Å². The van der Waals surface area contributed by atoms with Gasteiger partial charge in [0.25, 0.3) is 5.91 Å². The summed E-state index contributed by atoms with van der Waals surface area (Å²) in [5.74, 6) is -0.666. The normalized spacial score (nSPS) is 17.1. The third-order valence-corrected chi connectivity index (χ3v) is 7.34. The van der Waals surface area contributed by atoms with Crippen LogP contribution in [0, 0.1) is 6.92 Å². The van der Waals surface area contributed by atoms with Crippen LogP contribution in [0.3, 0.4) is 0 Å². The largest absolute Gasteiger partial charge is 0.480 e. The second kappa shape index (κ2) is 9.91. The van der Waals surface area contributed by atoms with Gasteiger partial charge < -0.3 is 15.3 Å². The summed E-state index contributed by atoms with van der Waals surface area (Å²) in [5, 5.41) is 21.7. The molecule has 1 aromatic heterocycles. The molecule has 1 aromatic carbocycles. The molecule has 1 saturated carbocycles. The number of aliphatic carboxylic acids is 1. The first kappa shape index (κ1) is 24.8. The predicted molar refractivity (Wildman–Crippen MR) is 140 cm³/mol. The summed E-state index contributed by atoms with van der Waals surface area (Å²) in [6.45, 7) is 9.00. The molecule has 3 aliphatic rings. The predicted octanol–water partition coefficient (Wildman–Crippen LogP) is 3.91. The Morgan fingerprint density at radius 2 is 2.08 bits per heavy atom. The fourth-order valence-electron chi connectivity index (χ4n) is 4.75. The van der Waals surface area contributed by atoms with E-state index in [0.29, 0.717) is 47.3 Å². The molecule has 37 heavy (non-hydrogen) atoms. The van der Waals surface area contributed by atoms with Crippen LogP contribution in [0.2, 0.25) is 5.02 Å². The Morgan fingerprint density at radius 1 is 1.30 bits per heavy atom. The number of hydrogen-bond acceptors (Lipinski definition) is 5. The van der Waals surface area contributed by atoms with Gasteiger partial charge in [-0.1, -0.05) is 29.5 Å². The first-order valence-corrected chi connectivity index (χ1v) is 12.7. The van der Waals surface area contributed by atoms with Crippen LogP contribution in [-0.4, -0.2) is 49.5 Å². The van der Waals surface area contributed by atoms with E-state index in [4.69, 9.17) is 11.6 Å². The average Bonchev–Trinajstić information content (AvgIpc) is 3.61. The Balaban J connectivity index is 1.32. The molecule has 8 nitrogen and oxygen atoms in total. The molecule has 1 amide bonds. The number of benzene rings is 1. The molecule has 2 aliphatic carbocycles. The van der Waals surface area contributed by atoms with Crippen LogP contribution in [0.15, 0.2) is 53.6 Å². The number of carboxylic acid groups (broad SMARTS) is 1. The van der Waals surface area contributed by atoms with Gasteiger partial charge in [0.05, 0.1) is 22.8 Å². The number of nitrogens with one attached hydrogen (secondary N) is 1. The second-order valence-corrected chi connectivity index (χ2v) is 10.2. The van der Waals surface area contributed by atoms with Gasteiger partial charge >= 0.3 is 5.97 Å². The number of amides is 1. The highest BCUT2D eigenvalue weighted by atomic mass is 35.5. The van der Waals surface area contributed by atoms with Crippen molar-refractivity contribution >= 4 is 29.2 Å². The number of halogens is 1. The van der Waals surface area contributed by atoms with Gasteiger partial charge in [-0.3, -0.25) is 4.79 Å². The molecule has 2 N–H and O–H groups in total. The summed E-state index contributed by atoms with van der Waals surface area (Å²) >= 11 is 6.87. The molecule has 1 aliphatic heterocycles. The summed E-state index contributed by atoms with van der Waals surface area (Å²) in [6, 6.07) is 1.05. The SMILES string of the molecule is C=C(N[C@@H](Cn1cc(C2CC2)nn1)C(=O)O)c1c(C)cc2c(c1Cl)CCN(C(=O)C1=C=CC(C)=C=C1)C2. The Morgan fingerprint density at radius 3 is 2.76 bits per heavy atom. The van der Waals surface area contributed by atoms with Crippen molar-refractivity contribution in [3.8, 4) is 0 Å². The number of aryl methyl sites for hydroxylation is 1. The van der Waals surface area contributed by atoms with E-state index >= 15 is 0 Å². The highest BCUT2D eigenvalue weighted by Gasteiger charge is 2.29. The minimum Gasteiger partial charge on any atom is -0.480 e. The lowest BCUT2D eigenvalue weighted by Crippen LogP contribution is -2.39. The molecule has 5 rings (SSSR count). The van der Waals surface area contributed by atoms with E-state index in [2.05, 4.69) is 33.7 Å². The molecule has 2 aromatic rings. The zero-order chi connectivity index (χ0) is 26.3. The number of aromatic nitrogens is 3. The standard InChI is InChI=1S/C28H28ClN5O3/c1-16-4-6-20(7-5-16)27(35)33-11-10-22-21(13-33)12-17(2)25(26(22)29)18(3)30-24(28(36)37)15-34-14-23(31-32-34)19-8-9-19/h4,7,12,14,19,24,30H,3,8-11,13,15H2,1-2H3,(H,36,37)/t24-/m0/s1. The van der Waals surface area contributed by atoms with Crippen LogP contribution >= 0.6 is 11.6 Å². The number of hydrogen-bond donors (Lipinski definition) is 2. The van der Waals surface area contributed by atoms with Crippen molar-refractivity contribution in [2.45, 2.75) is 58.2 Å². The molecule has 0 bridgehead atoms. The van der Waals surface area contributed by atoms with Gasteiger partial charge in [0.1, 0.15) is 6.04 Å². The number of carbonyl (C=O) groups is 2. The summed E-state index contributed by atoms with van der Waals surface area (Å²) in [5.41, 5.74) is 12.3. The average molecular weight is 518 g/mol. The number of carbonyl (C=O) groups excluding carboxylic acids is 1. The van der Waals surface area contributed by atoms with E-state index < -0.39 is 12.0 Å². The number of carboxylic acids is 1. The lowest BCUT2D eigenvalue weighted by molar-refractivity contribution is -0.139. The molecule has 0 radical (unpaired) electrons.